The quantitative estimate of drug-likeness (QED) is 0.442. The Labute approximate surface area is 160 Å². The number of ether oxygens (including phenoxy) is 1. The summed E-state index contributed by atoms with van der Waals surface area (Å²) in [5, 5.41) is 36.1. The van der Waals surface area contributed by atoms with Crippen molar-refractivity contribution in [1.29, 1.82) is 10.5 Å². The second-order valence-electron chi connectivity index (χ2n) is 5.24. The second kappa shape index (κ2) is 9.31. The first-order valence-corrected chi connectivity index (χ1v) is 7.77. The summed E-state index contributed by atoms with van der Waals surface area (Å²) in [6, 6.07) is 14.1. The smallest absolute Gasteiger partial charge is 0.275 e. The lowest BCUT2D eigenvalue weighted by Gasteiger charge is -2.08. The molecule has 0 atom stereocenters. The highest BCUT2D eigenvalue weighted by Crippen LogP contribution is 2.27. The van der Waals surface area contributed by atoms with Crippen molar-refractivity contribution in [2.24, 2.45) is 10.3 Å². The van der Waals surface area contributed by atoms with E-state index < -0.39 is 10.6 Å². The number of anilines is 1. The highest BCUT2D eigenvalue weighted by atomic mass is 16.6. The number of hydrogen-bond donors (Lipinski definition) is 1. The molecule has 28 heavy (non-hydrogen) atoms. The summed E-state index contributed by atoms with van der Waals surface area (Å²) < 4.78 is 5.26. The van der Waals surface area contributed by atoms with Gasteiger partial charge in [0.15, 0.2) is 5.75 Å². The number of methoxy groups -OCH3 is 1. The van der Waals surface area contributed by atoms with Gasteiger partial charge in [0, 0.05) is 17.7 Å². The van der Waals surface area contributed by atoms with E-state index in [2.05, 4.69) is 15.7 Å². The SMILES string of the molecule is COc1ccccc1C(C)=NOc1cc(NN=C(C#N)C#N)cc([N+](=O)[O-])c1. The van der Waals surface area contributed by atoms with E-state index in [9.17, 15) is 10.1 Å². The number of benzene rings is 2. The van der Waals surface area contributed by atoms with Gasteiger partial charge in [-0.3, -0.25) is 15.5 Å². The molecule has 0 unspecified atom stereocenters. The summed E-state index contributed by atoms with van der Waals surface area (Å²) >= 11 is 0. The van der Waals surface area contributed by atoms with Crippen molar-refractivity contribution in [3.63, 3.8) is 0 Å². The maximum atomic E-state index is 11.1. The minimum absolute atomic E-state index is 0.0663. The largest absolute Gasteiger partial charge is 0.496 e. The van der Waals surface area contributed by atoms with Crippen LogP contribution >= 0.6 is 0 Å². The Balaban J connectivity index is 2.32. The molecular formula is C18H14N6O4. The zero-order chi connectivity index (χ0) is 20.5. The molecular weight excluding hydrogens is 364 g/mol. The number of nitrogens with zero attached hydrogens (tertiary/aromatic N) is 5. The van der Waals surface area contributed by atoms with Crippen molar-refractivity contribution in [3.8, 4) is 23.6 Å². The molecule has 0 aromatic heterocycles. The highest BCUT2D eigenvalue weighted by molar-refractivity contribution is 6.10. The van der Waals surface area contributed by atoms with E-state index >= 15 is 0 Å². The number of non-ortho nitro benzene ring substituents is 1. The first-order valence-electron chi connectivity index (χ1n) is 7.77. The van der Waals surface area contributed by atoms with Crippen LogP contribution in [-0.2, 0) is 0 Å². The summed E-state index contributed by atoms with van der Waals surface area (Å²) in [5.74, 6) is 0.667. The van der Waals surface area contributed by atoms with Gasteiger partial charge in [0.25, 0.3) is 5.69 Å². The number of nitrogens with one attached hydrogen (secondary N) is 1. The zero-order valence-electron chi connectivity index (χ0n) is 14.9. The van der Waals surface area contributed by atoms with E-state index in [1.807, 2.05) is 12.1 Å². The molecule has 0 heterocycles. The average Bonchev–Trinajstić information content (AvgIpc) is 2.72. The van der Waals surface area contributed by atoms with E-state index in [4.69, 9.17) is 20.1 Å². The van der Waals surface area contributed by atoms with Gasteiger partial charge in [-0.2, -0.15) is 15.6 Å². The van der Waals surface area contributed by atoms with E-state index in [0.717, 1.165) is 0 Å². The molecule has 0 fully saturated rings. The Hall–Kier alpha value is -4.44. The first kappa shape index (κ1) is 19.9. The van der Waals surface area contributed by atoms with Crippen LogP contribution in [0.5, 0.6) is 11.5 Å². The number of hydrazone groups is 1. The Bertz CT molecular complexity index is 1020. The Morgan fingerprint density at radius 3 is 2.57 bits per heavy atom. The van der Waals surface area contributed by atoms with Gasteiger partial charge in [0.2, 0.25) is 5.71 Å². The monoisotopic (exact) mass is 378 g/mol. The van der Waals surface area contributed by atoms with Gasteiger partial charge in [0.1, 0.15) is 17.9 Å². The number of nitro benzene ring substituents is 1. The van der Waals surface area contributed by atoms with Crippen molar-refractivity contribution in [2.75, 3.05) is 12.5 Å². The first-order chi connectivity index (χ1) is 13.5. The lowest BCUT2D eigenvalue weighted by Crippen LogP contribution is -2.02. The standard InChI is InChI=1S/C18H14N6O4/c1-12(17-5-3-4-6-18(17)27-2)23-28-16-8-13(7-15(9-16)24(25)26)21-22-14(10-19)11-20/h3-9,21H,1-2H3. The Kier molecular flexibility index (Phi) is 6.61. The fraction of sp³-hybridized carbons (Fsp3) is 0.111. The summed E-state index contributed by atoms with van der Waals surface area (Å²) in [5.41, 5.74) is 3.04. The van der Waals surface area contributed by atoms with Gasteiger partial charge in [0.05, 0.1) is 29.5 Å². The molecule has 10 heteroatoms. The summed E-state index contributed by atoms with van der Waals surface area (Å²) in [7, 11) is 1.53. The third kappa shape index (κ3) is 5.03. The van der Waals surface area contributed by atoms with Crippen LogP contribution in [0.15, 0.2) is 52.7 Å². The third-order valence-electron chi connectivity index (χ3n) is 3.40. The van der Waals surface area contributed by atoms with Crippen molar-refractivity contribution < 1.29 is 14.5 Å². The minimum Gasteiger partial charge on any atom is -0.496 e. The molecule has 0 aliphatic carbocycles. The summed E-state index contributed by atoms with van der Waals surface area (Å²) in [4.78, 5) is 15.8. The normalized spacial score (nSPS) is 10.2. The van der Waals surface area contributed by atoms with Gasteiger partial charge in [-0.05, 0) is 19.1 Å². The van der Waals surface area contributed by atoms with Crippen LogP contribution < -0.4 is 15.0 Å². The molecule has 0 bridgehead atoms. The van der Waals surface area contributed by atoms with Crippen LogP contribution in [0.4, 0.5) is 11.4 Å². The minimum atomic E-state index is -0.617. The van der Waals surface area contributed by atoms with Crippen molar-refractivity contribution in [1.82, 2.24) is 0 Å². The molecule has 2 rings (SSSR count). The second-order valence-corrected chi connectivity index (χ2v) is 5.24. The zero-order valence-corrected chi connectivity index (χ0v) is 14.9. The number of rotatable bonds is 7. The fourth-order valence-electron chi connectivity index (χ4n) is 2.12. The van der Waals surface area contributed by atoms with Crippen LogP contribution in [0.2, 0.25) is 0 Å². The lowest BCUT2D eigenvalue weighted by atomic mass is 10.1. The molecule has 1 N–H and O–H groups in total. The summed E-state index contributed by atoms with van der Waals surface area (Å²) in [6.07, 6.45) is 0. The molecule has 2 aromatic carbocycles. The molecule has 0 amide bonds. The van der Waals surface area contributed by atoms with E-state index in [1.54, 1.807) is 31.2 Å². The maximum absolute atomic E-state index is 11.1. The molecule has 0 saturated heterocycles. The number of para-hydroxylation sites is 1. The van der Waals surface area contributed by atoms with Crippen LogP contribution in [0.25, 0.3) is 0 Å². The molecule has 0 spiro atoms. The van der Waals surface area contributed by atoms with Crippen molar-refractivity contribution in [3.05, 3.63) is 58.1 Å². The summed E-state index contributed by atoms with van der Waals surface area (Å²) in [6.45, 7) is 1.70. The van der Waals surface area contributed by atoms with E-state index in [-0.39, 0.29) is 17.1 Å². The van der Waals surface area contributed by atoms with Gasteiger partial charge < -0.3 is 9.57 Å². The van der Waals surface area contributed by atoms with Crippen LogP contribution in [0.1, 0.15) is 12.5 Å². The number of hydrogen-bond acceptors (Lipinski definition) is 9. The maximum Gasteiger partial charge on any atom is 0.275 e. The predicted octanol–water partition coefficient (Wildman–Crippen LogP) is 3.22. The topological polar surface area (TPSA) is 146 Å². The Morgan fingerprint density at radius 2 is 1.93 bits per heavy atom. The number of nitro groups is 1. The van der Waals surface area contributed by atoms with Gasteiger partial charge >= 0.3 is 0 Å². The van der Waals surface area contributed by atoms with E-state index in [1.165, 1.54) is 25.3 Å². The van der Waals surface area contributed by atoms with Gasteiger partial charge in [-0.25, -0.2) is 0 Å². The molecule has 0 saturated carbocycles. The van der Waals surface area contributed by atoms with Gasteiger partial charge in [-0.1, -0.05) is 17.3 Å². The molecule has 140 valence electrons. The Morgan fingerprint density at radius 1 is 1.21 bits per heavy atom. The van der Waals surface area contributed by atoms with Crippen LogP contribution in [-0.4, -0.2) is 23.5 Å². The molecule has 10 nitrogen and oxygen atoms in total. The lowest BCUT2D eigenvalue weighted by molar-refractivity contribution is -0.384. The third-order valence-corrected chi connectivity index (χ3v) is 3.40. The molecule has 2 aromatic rings. The average molecular weight is 378 g/mol. The molecule has 0 aliphatic heterocycles. The predicted molar refractivity (Wildman–Crippen MR) is 101 cm³/mol. The van der Waals surface area contributed by atoms with Crippen molar-refractivity contribution >= 4 is 22.8 Å². The number of oxime groups is 1. The fourth-order valence-corrected chi connectivity index (χ4v) is 2.12. The molecule has 0 aliphatic rings. The van der Waals surface area contributed by atoms with Crippen LogP contribution in [0.3, 0.4) is 0 Å². The van der Waals surface area contributed by atoms with E-state index in [0.29, 0.717) is 17.0 Å². The van der Waals surface area contributed by atoms with Gasteiger partial charge in [-0.15, -0.1) is 0 Å². The van der Waals surface area contributed by atoms with Crippen molar-refractivity contribution in [2.45, 2.75) is 6.92 Å². The van der Waals surface area contributed by atoms with Crippen LogP contribution in [0, 0.1) is 32.8 Å². The number of nitriles is 2. The molecule has 0 radical (unpaired) electrons. The highest BCUT2D eigenvalue weighted by Gasteiger charge is 2.12.